The van der Waals surface area contributed by atoms with Gasteiger partial charge in [-0.15, -0.1) is 0 Å². The van der Waals surface area contributed by atoms with Crippen LogP contribution in [-0.2, 0) is 21.6 Å². The Balaban J connectivity index is 1.54. The third-order valence-corrected chi connectivity index (χ3v) is 6.89. The van der Waals surface area contributed by atoms with Crippen molar-refractivity contribution in [2.75, 3.05) is 44.7 Å². The molecule has 2 saturated heterocycles. The highest BCUT2D eigenvalue weighted by Gasteiger charge is 2.47. The molecule has 0 aliphatic carbocycles. The Morgan fingerprint density at radius 2 is 1.82 bits per heavy atom. The summed E-state index contributed by atoms with van der Waals surface area (Å²) in [5.41, 5.74) is 3.66. The standard InChI is InChI=1S/C25H29FN4O3/c1-28-12-14-29(15-13-28)21-17-20(26)16-18-9-10-25(33-23(18)21,19-6-3-2-4-7-19)24(32)27-30-11-5-8-22(30)31/h2-4,6-7,16-17H,5,8-15H2,1H3,(H,27,32). The number of benzene rings is 2. The van der Waals surface area contributed by atoms with E-state index in [1.165, 1.54) is 17.1 Å². The predicted molar refractivity (Wildman–Crippen MR) is 122 cm³/mol. The largest absolute Gasteiger partial charge is 0.470 e. The van der Waals surface area contributed by atoms with Crippen molar-refractivity contribution < 1.29 is 18.7 Å². The molecule has 3 aliphatic heterocycles. The molecule has 3 heterocycles. The van der Waals surface area contributed by atoms with Crippen LogP contribution in [0.3, 0.4) is 0 Å². The minimum Gasteiger partial charge on any atom is -0.470 e. The zero-order valence-corrected chi connectivity index (χ0v) is 18.8. The fourth-order valence-corrected chi connectivity index (χ4v) is 4.94. The summed E-state index contributed by atoms with van der Waals surface area (Å²) < 4.78 is 21.2. The van der Waals surface area contributed by atoms with E-state index in [1.54, 1.807) is 0 Å². The first-order valence-corrected chi connectivity index (χ1v) is 11.6. The predicted octanol–water partition coefficient (Wildman–Crippen LogP) is 2.45. The molecular formula is C25H29FN4O3. The van der Waals surface area contributed by atoms with Gasteiger partial charge in [-0.2, -0.15) is 0 Å². The molecule has 2 aromatic rings. The molecule has 2 amide bonds. The van der Waals surface area contributed by atoms with Crippen LogP contribution in [0.5, 0.6) is 5.75 Å². The molecule has 33 heavy (non-hydrogen) atoms. The summed E-state index contributed by atoms with van der Waals surface area (Å²) in [5.74, 6) is -0.212. The maximum absolute atomic E-state index is 14.6. The Bertz CT molecular complexity index is 1060. The van der Waals surface area contributed by atoms with E-state index < -0.39 is 5.60 Å². The number of nitrogens with zero attached hydrogens (tertiary/aromatic N) is 3. The highest BCUT2D eigenvalue weighted by Crippen LogP contribution is 2.45. The number of nitrogens with one attached hydrogen (secondary N) is 1. The van der Waals surface area contributed by atoms with Gasteiger partial charge in [0.25, 0.3) is 5.91 Å². The second-order valence-electron chi connectivity index (χ2n) is 9.09. The SMILES string of the molecule is CN1CCN(c2cc(F)cc3c2OC(C(=O)NN2CCCC2=O)(c2ccccc2)CC3)CC1. The first kappa shape index (κ1) is 21.7. The van der Waals surface area contributed by atoms with Gasteiger partial charge < -0.3 is 14.5 Å². The molecule has 0 bridgehead atoms. The quantitative estimate of drug-likeness (QED) is 0.772. The second-order valence-corrected chi connectivity index (χ2v) is 9.09. The van der Waals surface area contributed by atoms with Gasteiger partial charge in [0.2, 0.25) is 11.5 Å². The fourth-order valence-electron chi connectivity index (χ4n) is 4.94. The highest BCUT2D eigenvalue weighted by atomic mass is 19.1. The number of carbonyl (C=O) groups is 2. The van der Waals surface area contributed by atoms with Crippen LogP contribution in [0.25, 0.3) is 0 Å². The summed E-state index contributed by atoms with van der Waals surface area (Å²) in [6.45, 7) is 3.73. The molecule has 0 aromatic heterocycles. The van der Waals surface area contributed by atoms with Crippen LogP contribution in [0.1, 0.15) is 30.4 Å². The Morgan fingerprint density at radius 1 is 1.06 bits per heavy atom. The van der Waals surface area contributed by atoms with Crippen molar-refractivity contribution in [2.24, 2.45) is 0 Å². The fraction of sp³-hybridized carbons (Fsp3) is 0.440. The van der Waals surface area contributed by atoms with Crippen LogP contribution in [0.4, 0.5) is 10.1 Å². The Morgan fingerprint density at radius 3 is 2.52 bits per heavy atom. The van der Waals surface area contributed by atoms with E-state index in [4.69, 9.17) is 4.74 Å². The molecule has 5 rings (SSSR count). The van der Waals surface area contributed by atoms with Gasteiger partial charge in [0.15, 0.2) is 0 Å². The summed E-state index contributed by atoms with van der Waals surface area (Å²) in [4.78, 5) is 30.2. The molecule has 1 N–H and O–H groups in total. The Kier molecular flexibility index (Phi) is 5.70. The lowest BCUT2D eigenvalue weighted by Crippen LogP contribution is -2.56. The molecule has 0 spiro atoms. The van der Waals surface area contributed by atoms with E-state index in [-0.39, 0.29) is 17.6 Å². The summed E-state index contributed by atoms with van der Waals surface area (Å²) in [7, 11) is 2.07. The van der Waals surface area contributed by atoms with E-state index in [9.17, 15) is 14.0 Å². The molecule has 1 unspecified atom stereocenters. The number of piperazine rings is 1. The molecule has 0 radical (unpaired) electrons. The average molecular weight is 453 g/mol. The number of anilines is 1. The summed E-state index contributed by atoms with van der Waals surface area (Å²) >= 11 is 0. The van der Waals surface area contributed by atoms with Crippen LogP contribution in [-0.4, -0.2) is 61.5 Å². The van der Waals surface area contributed by atoms with Crippen LogP contribution >= 0.6 is 0 Å². The van der Waals surface area contributed by atoms with Crippen molar-refractivity contribution >= 4 is 17.5 Å². The van der Waals surface area contributed by atoms with Crippen molar-refractivity contribution in [3.8, 4) is 5.75 Å². The number of ether oxygens (including phenoxy) is 1. The topological polar surface area (TPSA) is 65.1 Å². The van der Waals surface area contributed by atoms with Gasteiger partial charge >= 0.3 is 0 Å². The smallest absolute Gasteiger partial charge is 0.287 e. The third-order valence-electron chi connectivity index (χ3n) is 6.89. The van der Waals surface area contributed by atoms with Gasteiger partial charge in [-0.3, -0.25) is 20.0 Å². The van der Waals surface area contributed by atoms with Gasteiger partial charge in [0.05, 0.1) is 5.69 Å². The Labute approximate surface area is 193 Å². The van der Waals surface area contributed by atoms with Crippen LogP contribution in [0, 0.1) is 5.82 Å². The third kappa shape index (κ3) is 4.04. The van der Waals surface area contributed by atoms with Crippen molar-refractivity contribution in [1.82, 2.24) is 15.3 Å². The van der Waals surface area contributed by atoms with Crippen LogP contribution < -0.4 is 15.1 Å². The lowest BCUT2D eigenvalue weighted by molar-refractivity contribution is -0.149. The number of hydrogen-bond donors (Lipinski definition) is 1. The minimum absolute atomic E-state index is 0.0945. The normalized spacial score (nSPS) is 23.3. The molecule has 1 atom stereocenters. The maximum atomic E-state index is 14.6. The van der Waals surface area contributed by atoms with Gasteiger partial charge in [-0.1, -0.05) is 30.3 Å². The molecule has 3 aliphatic rings. The number of rotatable bonds is 4. The zero-order chi connectivity index (χ0) is 23.0. The van der Waals surface area contributed by atoms with Gasteiger partial charge in [-0.25, -0.2) is 4.39 Å². The lowest BCUT2D eigenvalue weighted by Gasteiger charge is -2.41. The van der Waals surface area contributed by atoms with Gasteiger partial charge in [0.1, 0.15) is 11.6 Å². The lowest BCUT2D eigenvalue weighted by atomic mass is 9.83. The van der Waals surface area contributed by atoms with E-state index in [1.807, 2.05) is 30.3 Å². The minimum atomic E-state index is -1.31. The Hall–Kier alpha value is -3.13. The summed E-state index contributed by atoms with van der Waals surface area (Å²) in [6, 6.07) is 12.4. The van der Waals surface area contributed by atoms with Crippen molar-refractivity contribution in [3.63, 3.8) is 0 Å². The molecule has 0 saturated carbocycles. The highest BCUT2D eigenvalue weighted by molar-refractivity contribution is 5.90. The number of hydrazine groups is 1. The number of amides is 2. The monoisotopic (exact) mass is 452 g/mol. The van der Waals surface area contributed by atoms with Gasteiger partial charge in [-0.05, 0) is 31.5 Å². The van der Waals surface area contributed by atoms with E-state index in [0.717, 1.165) is 31.7 Å². The second kappa shape index (κ2) is 8.67. The number of halogens is 1. The molecule has 2 aromatic carbocycles. The van der Waals surface area contributed by atoms with Gasteiger partial charge in [0, 0.05) is 57.2 Å². The summed E-state index contributed by atoms with van der Waals surface area (Å²) in [6.07, 6.45) is 1.98. The average Bonchev–Trinajstić information content (AvgIpc) is 3.23. The van der Waals surface area contributed by atoms with E-state index >= 15 is 0 Å². The number of likely N-dealkylation sites (N-methyl/N-ethyl adjacent to an activating group) is 1. The van der Waals surface area contributed by atoms with Crippen molar-refractivity contribution in [1.29, 1.82) is 0 Å². The van der Waals surface area contributed by atoms with Crippen LogP contribution in [0.15, 0.2) is 42.5 Å². The number of fused-ring (bicyclic) bond motifs is 1. The van der Waals surface area contributed by atoms with E-state index in [0.29, 0.717) is 49.2 Å². The molecule has 7 nitrogen and oxygen atoms in total. The molecule has 2 fully saturated rings. The van der Waals surface area contributed by atoms with E-state index in [2.05, 4.69) is 22.3 Å². The maximum Gasteiger partial charge on any atom is 0.287 e. The van der Waals surface area contributed by atoms with Crippen molar-refractivity contribution in [3.05, 3.63) is 59.4 Å². The van der Waals surface area contributed by atoms with Crippen molar-refractivity contribution in [2.45, 2.75) is 31.3 Å². The number of carbonyl (C=O) groups excluding carboxylic acids is 2. The summed E-state index contributed by atoms with van der Waals surface area (Å²) in [5, 5.41) is 1.39. The molecule has 8 heteroatoms. The first-order chi connectivity index (χ1) is 16.0. The zero-order valence-electron chi connectivity index (χ0n) is 18.8. The molecule has 174 valence electrons. The number of aryl methyl sites for hydroxylation is 1. The number of hydrogen-bond acceptors (Lipinski definition) is 5. The molecular weight excluding hydrogens is 423 g/mol. The van der Waals surface area contributed by atoms with Crippen LogP contribution in [0.2, 0.25) is 0 Å². The first-order valence-electron chi connectivity index (χ1n) is 11.6.